The Balaban J connectivity index is 1.51. The minimum Gasteiger partial charge on any atom is -0.353 e. The molecule has 2 heterocycles. The van der Waals surface area contributed by atoms with Crippen molar-refractivity contribution in [1.29, 1.82) is 0 Å². The molecule has 1 aromatic heterocycles. The van der Waals surface area contributed by atoms with Gasteiger partial charge in [-0.15, -0.1) is 0 Å². The molecule has 3 aromatic rings. The predicted octanol–water partition coefficient (Wildman–Crippen LogP) is 3.75. The molecular formula is C22H25N3O. The highest BCUT2D eigenvalue weighted by atomic mass is 16.1. The average Bonchev–Trinajstić information content (AvgIpc) is 3.34. The van der Waals surface area contributed by atoms with Crippen LogP contribution in [0.4, 0.5) is 0 Å². The first-order valence-corrected chi connectivity index (χ1v) is 9.35. The van der Waals surface area contributed by atoms with Gasteiger partial charge >= 0.3 is 0 Å². The molecule has 1 aliphatic heterocycles. The first-order valence-electron chi connectivity index (χ1n) is 9.35. The third-order valence-corrected chi connectivity index (χ3v) is 5.37. The molecule has 0 bridgehead atoms. The molecule has 0 unspecified atom stereocenters. The summed E-state index contributed by atoms with van der Waals surface area (Å²) < 4.78 is 2.16. The van der Waals surface area contributed by atoms with Gasteiger partial charge in [-0.25, -0.2) is 0 Å². The summed E-state index contributed by atoms with van der Waals surface area (Å²) in [4.78, 5) is 15.2. The van der Waals surface area contributed by atoms with Gasteiger partial charge in [0.05, 0.1) is 6.04 Å². The van der Waals surface area contributed by atoms with Crippen LogP contribution in [0.1, 0.15) is 34.9 Å². The van der Waals surface area contributed by atoms with E-state index in [9.17, 15) is 4.79 Å². The fourth-order valence-electron chi connectivity index (χ4n) is 3.92. The number of fused-ring (bicyclic) bond motifs is 1. The number of nitrogens with one attached hydrogen (secondary N) is 1. The van der Waals surface area contributed by atoms with Crippen molar-refractivity contribution >= 4 is 16.7 Å². The third kappa shape index (κ3) is 3.37. The molecule has 1 amide bonds. The van der Waals surface area contributed by atoms with Crippen molar-refractivity contribution in [1.82, 2.24) is 14.8 Å². The van der Waals surface area contributed by atoms with E-state index < -0.39 is 0 Å². The number of hydrogen-bond acceptors (Lipinski definition) is 2. The molecule has 1 atom stereocenters. The van der Waals surface area contributed by atoms with Crippen molar-refractivity contribution in [2.75, 3.05) is 19.6 Å². The van der Waals surface area contributed by atoms with Gasteiger partial charge < -0.3 is 9.88 Å². The molecule has 0 radical (unpaired) electrons. The lowest BCUT2D eigenvalue weighted by Gasteiger charge is -2.28. The highest BCUT2D eigenvalue weighted by Gasteiger charge is 2.25. The Morgan fingerprint density at radius 1 is 1.04 bits per heavy atom. The van der Waals surface area contributed by atoms with Gasteiger partial charge in [0.25, 0.3) is 5.91 Å². The summed E-state index contributed by atoms with van der Waals surface area (Å²) in [7, 11) is 2.07. The van der Waals surface area contributed by atoms with Crippen LogP contribution in [-0.2, 0) is 7.05 Å². The van der Waals surface area contributed by atoms with Crippen LogP contribution >= 0.6 is 0 Å². The average molecular weight is 347 g/mol. The number of hydrogen-bond donors (Lipinski definition) is 1. The van der Waals surface area contributed by atoms with E-state index in [0.717, 1.165) is 29.4 Å². The second-order valence-electron chi connectivity index (χ2n) is 7.07. The lowest BCUT2D eigenvalue weighted by Crippen LogP contribution is -2.37. The van der Waals surface area contributed by atoms with Gasteiger partial charge in [-0.1, -0.05) is 30.3 Å². The van der Waals surface area contributed by atoms with Crippen molar-refractivity contribution in [2.24, 2.45) is 7.05 Å². The Kier molecular flexibility index (Phi) is 4.76. The fraction of sp³-hybridized carbons (Fsp3) is 0.318. The summed E-state index contributed by atoms with van der Waals surface area (Å²) in [6.07, 6.45) is 4.54. The molecule has 1 aliphatic rings. The standard InChI is InChI=1S/C22H25N3O/c1-24-12-6-9-20(24)21(25-13-4-5-14-25)16-23-22(26)19-11-10-17-7-2-3-8-18(17)15-19/h2-3,6-12,15,21H,4-5,13-14,16H2,1H3,(H,23,26)/t21-/m1/s1. The SMILES string of the molecule is Cn1cccc1[C@@H](CNC(=O)c1ccc2ccccc2c1)N1CCCC1. The van der Waals surface area contributed by atoms with Crippen LogP contribution in [0.2, 0.25) is 0 Å². The summed E-state index contributed by atoms with van der Waals surface area (Å²) in [5, 5.41) is 5.41. The molecule has 0 saturated carbocycles. The monoisotopic (exact) mass is 347 g/mol. The van der Waals surface area contributed by atoms with Crippen LogP contribution in [-0.4, -0.2) is 35.0 Å². The predicted molar refractivity (Wildman–Crippen MR) is 105 cm³/mol. The van der Waals surface area contributed by atoms with Gasteiger partial charge in [0.2, 0.25) is 0 Å². The zero-order valence-electron chi connectivity index (χ0n) is 15.2. The van der Waals surface area contributed by atoms with Gasteiger partial charge in [0.1, 0.15) is 0 Å². The molecular weight excluding hydrogens is 322 g/mol. The van der Waals surface area contributed by atoms with E-state index in [2.05, 4.69) is 46.2 Å². The summed E-state index contributed by atoms with van der Waals surface area (Å²) in [6, 6.07) is 18.5. The molecule has 4 rings (SSSR count). The normalized spacial score (nSPS) is 16.0. The van der Waals surface area contributed by atoms with Crippen molar-refractivity contribution < 1.29 is 4.79 Å². The minimum absolute atomic E-state index is 0.00541. The van der Waals surface area contributed by atoms with Crippen molar-refractivity contribution in [2.45, 2.75) is 18.9 Å². The number of carbonyl (C=O) groups excluding carboxylic acids is 1. The quantitative estimate of drug-likeness (QED) is 0.763. The largest absolute Gasteiger partial charge is 0.353 e. The number of aryl methyl sites for hydroxylation is 1. The van der Waals surface area contributed by atoms with Gasteiger partial charge in [0, 0.05) is 31.0 Å². The minimum atomic E-state index is -0.00541. The lowest BCUT2D eigenvalue weighted by molar-refractivity contribution is 0.0937. The van der Waals surface area contributed by atoms with Crippen molar-refractivity contribution in [3.05, 3.63) is 72.1 Å². The number of rotatable bonds is 5. The van der Waals surface area contributed by atoms with Crippen LogP contribution in [0, 0.1) is 0 Å². The van der Waals surface area contributed by atoms with E-state index >= 15 is 0 Å². The maximum atomic E-state index is 12.7. The number of nitrogens with zero attached hydrogens (tertiary/aromatic N) is 2. The maximum Gasteiger partial charge on any atom is 0.251 e. The van der Waals surface area contributed by atoms with Crippen molar-refractivity contribution in [3.8, 4) is 0 Å². The third-order valence-electron chi connectivity index (χ3n) is 5.37. The number of carbonyl (C=O) groups is 1. The molecule has 4 heteroatoms. The van der Waals surface area contributed by atoms with Crippen LogP contribution in [0.15, 0.2) is 60.8 Å². The van der Waals surface area contributed by atoms with Crippen LogP contribution < -0.4 is 5.32 Å². The Labute approximate surface area is 154 Å². The first-order chi connectivity index (χ1) is 12.7. The molecule has 26 heavy (non-hydrogen) atoms. The molecule has 2 aromatic carbocycles. The Hall–Kier alpha value is -2.59. The van der Waals surface area contributed by atoms with Crippen LogP contribution in [0.5, 0.6) is 0 Å². The van der Waals surface area contributed by atoms with E-state index in [0.29, 0.717) is 6.54 Å². The van der Waals surface area contributed by atoms with E-state index in [-0.39, 0.29) is 11.9 Å². The first kappa shape index (κ1) is 16.9. The van der Waals surface area contributed by atoms with Crippen molar-refractivity contribution in [3.63, 3.8) is 0 Å². The number of amides is 1. The number of aromatic nitrogens is 1. The fourth-order valence-corrected chi connectivity index (χ4v) is 3.92. The van der Waals surface area contributed by atoms with E-state index in [1.165, 1.54) is 18.5 Å². The molecule has 1 N–H and O–H groups in total. The number of benzene rings is 2. The summed E-state index contributed by atoms with van der Waals surface area (Å²) in [5.41, 5.74) is 1.97. The summed E-state index contributed by atoms with van der Waals surface area (Å²) in [5.74, 6) is -0.00541. The van der Waals surface area contributed by atoms with E-state index in [1.54, 1.807) is 0 Å². The maximum absolute atomic E-state index is 12.7. The zero-order valence-corrected chi connectivity index (χ0v) is 15.2. The van der Waals surface area contributed by atoms with Gasteiger partial charge in [-0.2, -0.15) is 0 Å². The number of likely N-dealkylation sites (tertiary alicyclic amines) is 1. The van der Waals surface area contributed by atoms with Gasteiger partial charge in [0.15, 0.2) is 0 Å². The Bertz CT molecular complexity index is 908. The Morgan fingerprint density at radius 2 is 1.81 bits per heavy atom. The van der Waals surface area contributed by atoms with Gasteiger partial charge in [-0.3, -0.25) is 9.69 Å². The molecule has 1 fully saturated rings. The van der Waals surface area contributed by atoms with E-state index in [4.69, 9.17) is 0 Å². The van der Waals surface area contributed by atoms with Gasteiger partial charge in [-0.05, 0) is 61.0 Å². The topological polar surface area (TPSA) is 37.3 Å². The highest BCUT2D eigenvalue weighted by Crippen LogP contribution is 2.25. The highest BCUT2D eigenvalue weighted by molar-refractivity contribution is 5.98. The zero-order chi connectivity index (χ0) is 17.9. The molecule has 0 spiro atoms. The molecule has 0 aliphatic carbocycles. The summed E-state index contributed by atoms with van der Waals surface area (Å²) >= 11 is 0. The van der Waals surface area contributed by atoms with Crippen LogP contribution in [0.3, 0.4) is 0 Å². The summed E-state index contributed by atoms with van der Waals surface area (Å²) in [6.45, 7) is 2.83. The van der Waals surface area contributed by atoms with E-state index in [1.807, 2.05) is 36.4 Å². The molecule has 134 valence electrons. The molecule has 1 saturated heterocycles. The van der Waals surface area contributed by atoms with Crippen LogP contribution in [0.25, 0.3) is 10.8 Å². The molecule has 4 nitrogen and oxygen atoms in total. The second-order valence-corrected chi connectivity index (χ2v) is 7.07. The second kappa shape index (κ2) is 7.34. The smallest absolute Gasteiger partial charge is 0.251 e. The lowest BCUT2D eigenvalue weighted by atomic mass is 10.1. The Morgan fingerprint density at radius 3 is 2.54 bits per heavy atom.